The Balaban J connectivity index is 2.34. The van der Waals surface area contributed by atoms with Crippen molar-refractivity contribution in [3.05, 3.63) is 58.7 Å². The predicted molar refractivity (Wildman–Crippen MR) is 90.5 cm³/mol. The number of carbonyl (C=O) groups is 1. The maximum atomic E-state index is 12.3. The number of rotatable bonds is 5. The van der Waals surface area contributed by atoms with Crippen LogP contribution in [0.1, 0.15) is 27.0 Å². The summed E-state index contributed by atoms with van der Waals surface area (Å²) in [6.07, 6.45) is 3.12. The van der Waals surface area contributed by atoms with E-state index < -0.39 is 0 Å². The molecule has 0 saturated heterocycles. The van der Waals surface area contributed by atoms with Crippen LogP contribution in [0.3, 0.4) is 0 Å². The summed E-state index contributed by atoms with van der Waals surface area (Å²) in [7, 11) is 3.16. The summed E-state index contributed by atoms with van der Waals surface area (Å²) in [5, 5.41) is 9.89. The first-order chi connectivity index (χ1) is 11.0. The highest BCUT2D eigenvalue weighted by atomic mass is 16.5. The molecule has 2 aromatic carbocycles. The second-order valence-corrected chi connectivity index (χ2v) is 5.28. The van der Waals surface area contributed by atoms with Gasteiger partial charge in [0.1, 0.15) is 17.2 Å². The van der Waals surface area contributed by atoms with Crippen LogP contribution >= 0.6 is 0 Å². The molecule has 0 aliphatic rings. The number of methoxy groups -OCH3 is 2. The monoisotopic (exact) mass is 312 g/mol. The Morgan fingerprint density at radius 3 is 2.43 bits per heavy atom. The Morgan fingerprint density at radius 2 is 1.83 bits per heavy atom. The van der Waals surface area contributed by atoms with Gasteiger partial charge in [0.25, 0.3) is 0 Å². The van der Waals surface area contributed by atoms with Crippen molar-refractivity contribution in [2.45, 2.75) is 13.8 Å². The molecule has 0 bridgehead atoms. The van der Waals surface area contributed by atoms with Crippen molar-refractivity contribution in [2.24, 2.45) is 0 Å². The number of allylic oxidation sites excluding steroid dienone is 1. The molecule has 2 aromatic rings. The molecule has 23 heavy (non-hydrogen) atoms. The Morgan fingerprint density at radius 1 is 1.09 bits per heavy atom. The van der Waals surface area contributed by atoms with Gasteiger partial charge in [-0.25, -0.2) is 0 Å². The number of ketones is 1. The largest absolute Gasteiger partial charge is 0.507 e. The zero-order valence-corrected chi connectivity index (χ0v) is 13.7. The molecule has 2 rings (SSSR count). The van der Waals surface area contributed by atoms with Crippen molar-refractivity contribution in [3.63, 3.8) is 0 Å². The molecule has 0 saturated carbocycles. The van der Waals surface area contributed by atoms with Crippen LogP contribution in [0.2, 0.25) is 0 Å². The van der Waals surface area contributed by atoms with Gasteiger partial charge in [0.15, 0.2) is 5.78 Å². The standard InChI is InChI=1S/C19H20O4/c1-12-5-6-16(18(21)9-12)17(20)8-7-15-13(2)10-14(22-3)11-19(15)23-4/h5-11,21H,1-4H3/b8-7+. The van der Waals surface area contributed by atoms with Gasteiger partial charge in [-0.3, -0.25) is 4.79 Å². The number of benzene rings is 2. The van der Waals surface area contributed by atoms with Crippen LogP contribution in [0.4, 0.5) is 0 Å². The molecule has 0 fully saturated rings. The average Bonchev–Trinajstić information content (AvgIpc) is 2.52. The number of hydrogen-bond donors (Lipinski definition) is 1. The van der Waals surface area contributed by atoms with Crippen molar-refractivity contribution in [1.82, 2.24) is 0 Å². The van der Waals surface area contributed by atoms with E-state index in [0.29, 0.717) is 11.5 Å². The summed E-state index contributed by atoms with van der Waals surface area (Å²) in [5.74, 6) is 1.04. The second kappa shape index (κ2) is 7.01. The van der Waals surface area contributed by atoms with E-state index in [2.05, 4.69) is 0 Å². The van der Waals surface area contributed by atoms with Crippen LogP contribution in [0, 0.1) is 13.8 Å². The molecular weight excluding hydrogens is 292 g/mol. The maximum absolute atomic E-state index is 12.3. The van der Waals surface area contributed by atoms with Crippen LogP contribution in [-0.2, 0) is 0 Å². The number of carbonyl (C=O) groups excluding carboxylic acids is 1. The topological polar surface area (TPSA) is 55.8 Å². The molecule has 0 radical (unpaired) electrons. The Hall–Kier alpha value is -2.75. The number of phenols is 1. The molecule has 4 nitrogen and oxygen atoms in total. The summed E-state index contributed by atoms with van der Waals surface area (Å²) in [4.78, 5) is 12.3. The average molecular weight is 312 g/mol. The van der Waals surface area contributed by atoms with Gasteiger partial charge in [-0.15, -0.1) is 0 Å². The van der Waals surface area contributed by atoms with Gasteiger partial charge >= 0.3 is 0 Å². The van der Waals surface area contributed by atoms with E-state index in [1.54, 1.807) is 44.6 Å². The van der Waals surface area contributed by atoms with Crippen molar-refractivity contribution >= 4 is 11.9 Å². The van der Waals surface area contributed by atoms with Gasteiger partial charge < -0.3 is 14.6 Å². The molecular formula is C19H20O4. The van der Waals surface area contributed by atoms with Crippen molar-refractivity contribution in [3.8, 4) is 17.2 Å². The minimum absolute atomic E-state index is 0.0157. The molecule has 0 aliphatic heterocycles. The minimum atomic E-state index is -0.264. The van der Waals surface area contributed by atoms with E-state index in [0.717, 1.165) is 16.7 Å². The second-order valence-electron chi connectivity index (χ2n) is 5.28. The van der Waals surface area contributed by atoms with E-state index in [1.807, 2.05) is 19.9 Å². The third-order valence-electron chi connectivity index (χ3n) is 3.60. The van der Waals surface area contributed by atoms with Gasteiger partial charge in [-0.1, -0.05) is 6.07 Å². The molecule has 0 aromatic heterocycles. The third-order valence-corrected chi connectivity index (χ3v) is 3.60. The highest BCUT2D eigenvalue weighted by Crippen LogP contribution is 2.30. The first-order valence-corrected chi connectivity index (χ1v) is 7.21. The molecule has 0 aliphatic carbocycles. The fourth-order valence-corrected chi connectivity index (χ4v) is 2.33. The van der Waals surface area contributed by atoms with Crippen LogP contribution in [0.15, 0.2) is 36.4 Å². The smallest absolute Gasteiger partial charge is 0.189 e. The van der Waals surface area contributed by atoms with Gasteiger partial charge in [-0.2, -0.15) is 0 Å². The lowest BCUT2D eigenvalue weighted by Gasteiger charge is -2.11. The summed E-state index contributed by atoms with van der Waals surface area (Å²) in [6, 6.07) is 8.62. The zero-order chi connectivity index (χ0) is 17.0. The fraction of sp³-hybridized carbons (Fsp3) is 0.211. The van der Waals surface area contributed by atoms with Crippen molar-refractivity contribution < 1.29 is 19.4 Å². The van der Waals surface area contributed by atoms with E-state index in [-0.39, 0.29) is 17.1 Å². The molecule has 0 atom stereocenters. The van der Waals surface area contributed by atoms with E-state index in [4.69, 9.17) is 9.47 Å². The predicted octanol–water partition coefficient (Wildman–Crippen LogP) is 3.92. The zero-order valence-electron chi connectivity index (χ0n) is 13.7. The van der Waals surface area contributed by atoms with E-state index in [1.165, 1.54) is 6.08 Å². The van der Waals surface area contributed by atoms with E-state index >= 15 is 0 Å². The summed E-state index contributed by atoms with van der Waals surface area (Å²) < 4.78 is 10.6. The normalized spacial score (nSPS) is 10.8. The molecule has 0 spiro atoms. The first kappa shape index (κ1) is 16.6. The molecule has 1 N–H and O–H groups in total. The summed E-state index contributed by atoms with van der Waals surface area (Å²) >= 11 is 0. The Labute approximate surface area is 136 Å². The van der Waals surface area contributed by atoms with Crippen molar-refractivity contribution in [1.29, 1.82) is 0 Å². The van der Waals surface area contributed by atoms with E-state index in [9.17, 15) is 9.90 Å². The van der Waals surface area contributed by atoms with Gasteiger partial charge in [-0.05, 0) is 55.3 Å². The van der Waals surface area contributed by atoms with Crippen molar-refractivity contribution in [2.75, 3.05) is 14.2 Å². The lowest BCUT2D eigenvalue weighted by molar-refractivity contribution is 0.104. The molecule has 0 heterocycles. The number of ether oxygens (including phenoxy) is 2. The number of phenolic OH excluding ortho intramolecular Hbond substituents is 1. The lowest BCUT2D eigenvalue weighted by Crippen LogP contribution is -1.97. The fourth-order valence-electron chi connectivity index (χ4n) is 2.33. The van der Waals surface area contributed by atoms with Crippen LogP contribution in [0.5, 0.6) is 17.2 Å². The van der Waals surface area contributed by atoms with Gasteiger partial charge in [0.05, 0.1) is 19.8 Å². The lowest BCUT2D eigenvalue weighted by atomic mass is 10.0. The Bertz CT molecular complexity index is 760. The minimum Gasteiger partial charge on any atom is -0.507 e. The van der Waals surface area contributed by atoms with Crippen LogP contribution < -0.4 is 9.47 Å². The SMILES string of the molecule is COc1cc(C)c(/C=C/C(=O)c2ccc(C)cc2O)c(OC)c1. The number of hydrogen-bond acceptors (Lipinski definition) is 4. The molecule has 0 amide bonds. The highest BCUT2D eigenvalue weighted by molar-refractivity contribution is 6.08. The van der Waals surface area contributed by atoms with Gasteiger partial charge in [0, 0.05) is 11.6 Å². The van der Waals surface area contributed by atoms with Crippen LogP contribution in [-0.4, -0.2) is 25.1 Å². The number of aryl methyl sites for hydroxylation is 2. The highest BCUT2D eigenvalue weighted by Gasteiger charge is 2.10. The Kier molecular flexibility index (Phi) is 5.06. The van der Waals surface area contributed by atoms with Crippen LogP contribution in [0.25, 0.3) is 6.08 Å². The summed E-state index contributed by atoms with van der Waals surface area (Å²) in [5.41, 5.74) is 2.90. The summed E-state index contributed by atoms with van der Waals surface area (Å²) in [6.45, 7) is 3.77. The molecule has 4 heteroatoms. The first-order valence-electron chi connectivity index (χ1n) is 7.21. The van der Waals surface area contributed by atoms with Gasteiger partial charge in [0.2, 0.25) is 0 Å². The maximum Gasteiger partial charge on any atom is 0.189 e. The third kappa shape index (κ3) is 3.72. The molecule has 120 valence electrons. The quantitative estimate of drug-likeness (QED) is 0.671. The number of aromatic hydroxyl groups is 1. The molecule has 0 unspecified atom stereocenters.